The molecule has 1 aromatic heterocycles. The Labute approximate surface area is 235 Å². The third kappa shape index (κ3) is 6.35. The van der Waals surface area contributed by atoms with Gasteiger partial charge in [0, 0.05) is 68.8 Å². The van der Waals surface area contributed by atoms with Gasteiger partial charge in [0.15, 0.2) is 4.90 Å². The molecule has 0 unspecified atom stereocenters. The fraction of sp³-hybridized carbons (Fsp3) is 0.464. The minimum absolute atomic E-state index is 0.210. The molecule has 0 spiro atoms. The largest absolute Gasteiger partial charge is 0.369 e. The van der Waals surface area contributed by atoms with E-state index in [0.29, 0.717) is 38.9 Å². The molecule has 0 radical (unpaired) electrons. The van der Waals surface area contributed by atoms with Crippen LogP contribution in [0, 0.1) is 10.1 Å². The maximum Gasteiger partial charge on any atom is 0.289 e. The van der Waals surface area contributed by atoms with Crippen molar-refractivity contribution in [1.29, 1.82) is 0 Å². The molecule has 5 rings (SSSR count). The van der Waals surface area contributed by atoms with Crippen LogP contribution in [0.5, 0.6) is 0 Å². The highest BCUT2D eigenvalue weighted by molar-refractivity contribution is 7.89. The fourth-order valence-corrected chi connectivity index (χ4v) is 7.38. The first-order chi connectivity index (χ1) is 19.3. The summed E-state index contributed by atoms with van der Waals surface area (Å²) in [4.78, 5) is 15.5. The number of likely N-dealkylation sites (N-methyl/N-ethyl adjacent to an activating group) is 1. The van der Waals surface area contributed by atoms with E-state index in [1.54, 1.807) is 0 Å². The molecular weight excluding hydrogens is 530 g/mol. The lowest BCUT2D eigenvalue weighted by molar-refractivity contribution is -0.387. The van der Waals surface area contributed by atoms with Crippen LogP contribution in [0.1, 0.15) is 19.3 Å². The molecular formula is C28H37N7O4S. The molecule has 0 bridgehead atoms. The number of nitrogens with one attached hydrogen (secondary N) is 1. The molecule has 0 amide bonds. The Kier molecular flexibility index (Phi) is 8.79. The summed E-state index contributed by atoms with van der Waals surface area (Å²) in [6.07, 6.45) is 5.68. The lowest BCUT2D eigenvalue weighted by Gasteiger charge is -2.34. The maximum atomic E-state index is 13.7. The highest BCUT2D eigenvalue weighted by atomic mass is 32.2. The summed E-state index contributed by atoms with van der Waals surface area (Å²) < 4.78 is 30.7. The van der Waals surface area contributed by atoms with Crippen molar-refractivity contribution >= 4 is 21.4 Å². The minimum atomic E-state index is -4.06. The van der Waals surface area contributed by atoms with Gasteiger partial charge in [0.05, 0.1) is 11.1 Å². The Morgan fingerprint density at radius 2 is 1.73 bits per heavy atom. The van der Waals surface area contributed by atoms with Crippen LogP contribution in [-0.2, 0) is 16.6 Å². The molecule has 2 aliphatic heterocycles. The Balaban J connectivity index is 1.26. The number of aromatic nitrogens is 2. The van der Waals surface area contributed by atoms with Gasteiger partial charge in [0.1, 0.15) is 0 Å². The number of sulfonamides is 1. The molecule has 2 fully saturated rings. The average molecular weight is 568 g/mol. The van der Waals surface area contributed by atoms with Gasteiger partial charge in [-0.05, 0) is 63.2 Å². The van der Waals surface area contributed by atoms with Crippen LogP contribution in [0.3, 0.4) is 0 Å². The van der Waals surface area contributed by atoms with Gasteiger partial charge in [0.25, 0.3) is 5.69 Å². The highest BCUT2D eigenvalue weighted by Gasteiger charge is 2.36. The standard InChI is InChI=1S/C28H37N7O4S/c1-31-17-19-32(20-18-31)25-9-7-23(8-10-25)24-21-30-33(22-24)15-4-16-34(26-11-13-29-14-12-26)40(38,39)28-6-3-2-5-27(28)35(36)37/h2-3,5-10,21-22,26,29H,4,11-20H2,1H3. The van der Waals surface area contributed by atoms with Crippen LogP contribution < -0.4 is 10.2 Å². The third-order valence-electron chi connectivity index (χ3n) is 7.83. The third-order valence-corrected chi connectivity index (χ3v) is 9.83. The fourth-order valence-electron chi connectivity index (χ4n) is 5.50. The zero-order valence-corrected chi connectivity index (χ0v) is 23.7. The van der Waals surface area contributed by atoms with Crippen LogP contribution in [0.25, 0.3) is 11.1 Å². The van der Waals surface area contributed by atoms with E-state index in [2.05, 4.69) is 51.5 Å². The predicted octanol–water partition coefficient (Wildman–Crippen LogP) is 3.04. The monoisotopic (exact) mass is 567 g/mol. The van der Waals surface area contributed by atoms with Crippen LogP contribution in [0.4, 0.5) is 11.4 Å². The molecule has 40 heavy (non-hydrogen) atoms. The summed E-state index contributed by atoms with van der Waals surface area (Å²) in [7, 11) is -1.91. The number of piperazine rings is 1. The van der Waals surface area contributed by atoms with Gasteiger partial charge in [-0.3, -0.25) is 14.8 Å². The molecule has 0 atom stereocenters. The summed E-state index contributed by atoms with van der Waals surface area (Å²) in [5.74, 6) is 0. The van der Waals surface area contributed by atoms with Gasteiger partial charge < -0.3 is 15.1 Å². The van der Waals surface area contributed by atoms with E-state index in [-0.39, 0.29) is 17.5 Å². The number of anilines is 1. The second kappa shape index (κ2) is 12.5. The minimum Gasteiger partial charge on any atom is -0.369 e. The number of rotatable bonds is 10. The molecule has 11 nitrogen and oxygen atoms in total. The zero-order chi connectivity index (χ0) is 28.1. The molecule has 214 valence electrons. The summed E-state index contributed by atoms with van der Waals surface area (Å²) in [5.41, 5.74) is 2.92. The quantitative estimate of drug-likeness (QED) is 0.294. The Bertz CT molecular complexity index is 1400. The lowest BCUT2D eigenvalue weighted by atomic mass is 10.1. The Morgan fingerprint density at radius 3 is 2.42 bits per heavy atom. The number of nitrogens with zero attached hydrogens (tertiary/aromatic N) is 6. The van der Waals surface area contributed by atoms with E-state index in [0.717, 1.165) is 37.3 Å². The number of para-hydroxylation sites is 1. The number of piperidine rings is 1. The van der Waals surface area contributed by atoms with E-state index < -0.39 is 20.6 Å². The van der Waals surface area contributed by atoms with Crippen molar-refractivity contribution in [3.8, 4) is 11.1 Å². The first-order valence-electron chi connectivity index (χ1n) is 13.9. The molecule has 3 heterocycles. The van der Waals surface area contributed by atoms with E-state index in [1.165, 1.54) is 34.3 Å². The first kappa shape index (κ1) is 28.2. The van der Waals surface area contributed by atoms with Crippen molar-refractivity contribution in [1.82, 2.24) is 24.3 Å². The molecule has 1 N–H and O–H groups in total. The molecule has 2 aromatic carbocycles. The first-order valence-corrected chi connectivity index (χ1v) is 15.3. The van der Waals surface area contributed by atoms with Crippen LogP contribution in [0.2, 0.25) is 0 Å². The predicted molar refractivity (Wildman–Crippen MR) is 155 cm³/mol. The Hall–Kier alpha value is -3.32. The highest BCUT2D eigenvalue weighted by Crippen LogP contribution is 2.30. The maximum absolute atomic E-state index is 13.7. The van der Waals surface area contributed by atoms with Crippen molar-refractivity contribution in [3.63, 3.8) is 0 Å². The van der Waals surface area contributed by atoms with Crippen molar-refractivity contribution in [2.24, 2.45) is 0 Å². The van der Waals surface area contributed by atoms with Crippen LogP contribution in [-0.4, -0.2) is 91.2 Å². The molecule has 12 heteroatoms. The second-order valence-electron chi connectivity index (χ2n) is 10.5. The summed E-state index contributed by atoms with van der Waals surface area (Å²) >= 11 is 0. The molecule has 0 saturated carbocycles. The second-order valence-corrected chi connectivity index (χ2v) is 12.4. The number of hydrogen-bond donors (Lipinski definition) is 1. The van der Waals surface area contributed by atoms with Gasteiger partial charge in [-0.15, -0.1) is 0 Å². The van der Waals surface area contributed by atoms with Gasteiger partial charge in [-0.1, -0.05) is 24.3 Å². The number of hydrogen-bond acceptors (Lipinski definition) is 8. The zero-order valence-electron chi connectivity index (χ0n) is 22.9. The van der Waals surface area contributed by atoms with Gasteiger partial charge >= 0.3 is 0 Å². The number of aryl methyl sites for hydroxylation is 1. The van der Waals surface area contributed by atoms with Crippen LogP contribution in [0.15, 0.2) is 65.8 Å². The van der Waals surface area contributed by atoms with Crippen molar-refractivity contribution < 1.29 is 13.3 Å². The van der Waals surface area contributed by atoms with Gasteiger partial charge in [0.2, 0.25) is 10.0 Å². The summed E-state index contributed by atoms with van der Waals surface area (Å²) in [5, 5.41) is 19.4. The van der Waals surface area contributed by atoms with E-state index in [9.17, 15) is 18.5 Å². The van der Waals surface area contributed by atoms with Gasteiger partial charge in [-0.2, -0.15) is 9.40 Å². The van der Waals surface area contributed by atoms with Gasteiger partial charge in [-0.25, -0.2) is 8.42 Å². The van der Waals surface area contributed by atoms with Crippen molar-refractivity contribution in [3.05, 3.63) is 71.0 Å². The number of nitro groups is 1. The summed E-state index contributed by atoms with van der Waals surface area (Å²) in [6.45, 7) is 6.39. The number of nitro benzene ring substituents is 1. The van der Waals surface area contributed by atoms with Crippen molar-refractivity contribution in [2.45, 2.75) is 36.7 Å². The van der Waals surface area contributed by atoms with E-state index in [4.69, 9.17) is 0 Å². The molecule has 2 aliphatic rings. The molecule has 0 aliphatic carbocycles. The van der Waals surface area contributed by atoms with Crippen molar-refractivity contribution in [2.75, 3.05) is 57.8 Å². The molecule has 2 saturated heterocycles. The average Bonchev–Trinajstić information content (AvgIpc) is 3.45. The van der Waals surface area contributed by atoms with E-state index >= 15 is 0 Å². The smallest absolute Gasteiger partial charge is 0.289 e. The normalized spacial score (nSPS) is 17.4. The lowest BCUT2D eigenvalue weighted by Crippen LogP contribution is -2.46. The Morgan fingerprint density at radius 1 is 1.02 bits per heavy atom. The molecule has 3 aromatic rings. The number of benzene rings is 2. The summed E-state index contributed by atoms with van der Waals surface area (Å²) in [6, 6.07) is 13.9. The van der Waals surface area contributed by atoms with Crippen LogP contribution >= 0.6 is 0 Å². The SMILES string of the molecule is CN1CCN(c2ccc(-c3cnn(CCCN(C4CCNCC4)S(=O)(=O)c4ccccc4[N+](=O)[O-])c3)cc2)CC1. The topological polar surface area (TPSA) is 117 Å². The van der Waals surface area contributed by atoms with E-state index in [1.807, 2.05) is 17.1 Å².